The van der Waals surface area contributed by atoms with Gasteiger partial charge in [-0.1, -0.05) is 95.3 Å². The molecular formula is C35H46O3. The fraction of sp³-hybridized carbons (Fsp3) is 0.457. The van der Waals surface area contributed by atoms with Gasteiger partial charge in [-0.2, -0.15) is 0 Å². The zero-order valence-corrected chi connectivity index (χ0v) is 24.7. The third-order valence-electron chi connectivity index (χ3n) is 8.41. The minimum absolute atomic E-state index is 0.0537. The summed E-state index contributed by atoms with van der Waals surface area (Å²) in [5.74, 6) is -0.223. The molecule has 0 saturated carbocycles. The molecule has 1 N–H and O–H groups in total. The van der Waals surface area contributed by atoms with E-state index >= 15 is 0 Å². The summed E-state index contributed by atoms with van der Waals surface area (Å²) in [5.41, 5.74) is 9.75. The molecule has 0 saturated heterocycles. The Balaban J connectivity index is 1.89. The highest BCUT2D eigenvalue weighted by Crippen LogP contribution is 2.41. The van der Waals surface area contributed by atoms with Gasteiger partial charge in [0.2, 0.25) is 0 Å². The zero-order valence-electron chi connectivity index (χ0n) is 24.7. The minimum atomic E-state index is -0.308. The molecule has 1 unspecified atom stereocenters. The molecule has 3 heteroatoms. The van der Waals surface area contributed by atoms with Crippen molar-refractivity contribution in [3.63, 3.8) is 0 Å². The SMILES string of the molecule is CCC(CC)(c1ccc(CCC(O)C(C)(C)C)c(C)c1)c1ccc(-c2ccc(CC(=O)OC)cc2)c(C)c1. The predicted molar refractivity (Wildman–Crippen MR) is 159 cm³/mol. The van der Waals surface area contributed by atoms with E-state index in [9.17, 15) is 9.90 Å². The van der Waals surface area contributed by atoms with Gasteiger partial charge in [0, 0.05) is 5.41 Å². The van der Waals surface area contributed by atoms with Crippen molar-refractivity contribution in [2.75, 3.05) is 7.11 Å². The van der Waals surface area contributed by atoms with Crippen LogP contribution in [0.3, 0.4) is 0 Å². The first-order valence-electron chi connectivity index (χ1n) is 14.0. The van der Waals surface area contributed by atoms with E-state index in [0.717, 1.165) is 36.8 Å². The van der Waals surface area contributed by atoms with Crippen molar-refractivity contribution in [3.05, 3.63) is 94.0 Å². The molecule has 0 radical (unpaired) electrons. The Kier molecular flexibility index (Phi) is 9.59. The fourth-order valence-corrected chi connectivity index (χ4v) is 5.56. The van der Waals surface area contributed by atoms with E-state index in [-0.39, 0.29) is 22.9 Å². The summed E-state index contributed by atoms with van der Waals surface area (Å²) in [5, 5.41) is 10.5. The van der Waals surface area contributed by atoms with Crippen molar-refractivity contribution < 1.29 is 14.6 Å². The summed E-state index contributed by atoms with van der Waals surface area (Å²) in [4.78, 5) is 11.6. The van der Waals surface area contributed by atoms with Crippen LogP contribution in [-0.2, 0) is 27.8 Å². The molecule has 0 bridgehead atoms. The fourth-order valence-electron chi connectivity index (χ4n) is 5.56. The topological polar surface area (TPSA) is 46.5 Å². The number of methoxy groups -OCH3 is 1. The highest BCUT2D eigenvalue weighted by Gasteiger charge is 2.31. The maximum Gasteiger partial charge on any atom is 0.309 e. The average Bonchev–Trinajstić information content (AvgIpc) is 2.89. The van der Waals surface area contributed by atoms with Crippen molar-refractivity contribution >= 4 is 5.97 Å². The Hall–Kier alpha value is -2.91. The number of hydrogen-bond acceptors (Lipinski definition) is 3. The molecule has 1 atom stereocenters. The number of carbonyl (C=O) groups is 1. The van der Waals surface area contributed by atoms with Crippen LogP contribution in [0.25, 0.3) is 11.1 Å². The van der Waals surface area contributed by atoms with E-state index in [1.807, 2.05) is 12.1 Å². The van der Waals surface area contributed by atoms with Crippen LogP contribution in [-0.4, -0.2) is 24.3 Å². The van der Waals surface area contributed by atoms with Crippen LogP contribution in [0.1, 0.15) is 87.3 Å². The van der Waals surface area contributed by atoms with Gasteiger partial charge in [0.1, 0.15) is 0 Å². The Labute approximate surface area is 230 Å². The molecule has 204 valence electrons. The molecule has 0 spiro atoms. The van der Waals surface area contributed by atoms with Gasteiger partial charge < -0.3 is 9.84 Å². The van der Waals surface area contributed by atoms with Crippen LogP contribution in [0.15, 0.2) is 60.7 Å². The van der Waals surface area contributed by atoms with Crippen molar-refractivity contribution in [1.82, 2.24) is 0 Å². The van der Waals surface area contributed by atoms with Crippen LogP contribution in [0.2, 0.25) is 0 Å². The molecule has 3 aromatic rings. The largest absolute Gasteiger partial charge is 0.469 e. The Morgan fingerprint density at radius 2 is 1.45 bits per heavy atom. The summed E-state index contributed by atoms with van der Waals surface area (Å²) in [6.45, 7) is 15.3. The van der Waals surface area contributed by atoms with Crippen LogP contribution < -0.4 is 0 Å². The van der Waals surface area contributed by atoms with Crippen molar-refractivity contribution in [1.29, 1.82) is 0 Å². The quantitative estimate of drug-likeness (QED) is 0.278. The monoisotopic (exact) mass is 514 g/mol. The minimum Gasteiger partial charge on any atom is -0.469 e. The number of hydrogen-bond donors (Lipinski definition) is 1. The number of benzene rings is 3. The maximum absolute atomic E-state index is 11.6. The second kappa shape index (κ2) is 12.3. The third-order valence-corrected chi connectivity index (χ3v) is 8.41. The number of aryl methyl sites for hydroxylation is 3. The standard InChI is InChI=1S/C35H46O3/c1-9-35(10-2,29-17-15-27(24(3)21-29)16-20-32(36)34(5,6)7)30-18-19-31(25(4)22-30)28-13-11-26(12-14-28)23-33(37)38-8/h11-15,17-19,21-22,32,36H,9-10,16,20,23H2,1-8H3. The summed E-state index contributed by atoms with van der Waals surface area (Å²) < 4.78 is 4.79. The Morgan fingerprint density at radius 3 is 1.95 bits per heavy atom. The smallest absolute Gasteiger partial charge is 0.309 e. The molecule has 0 amide bonds. The molecule has 3 rings (SSSR count). The second-order valence-corrected chi connectivity index (χ2v) is 11.8. The van der Waals surface area contributed by atoms with Gasteiger partial charge >= 0.3 is 5.97 Å². The van der Waals surface area contributed by atoms with Gasteiger partial charge in [-0.05, 0) is 89.5 Å². The zero-order chi connectivity index (χ0) is 28.1. The molecule has 0 aromatic heterocycles. The molecule has 0 fully saturated rings. The molecular weight excluding hydrogens is 468 g/mol. The number of aliphatic hydroxyl groups excluding tert-OH is 1. The number of aliphatic hydroxyl groups is 1. The number of rotatable bonds is 10. The molecule has 0 heterocycles. The van der Waals surface area contributed by atoms with E-state index in [2.05, 4.69) is 97.0 Å². The van der Waals surface area contributed by atoms with Gasteiger partial charge in [-0.25, -0.2) is 0 Å². The normalized spacial score (nSPS) is 12.9. The van der Waals surface area contributed by atoms with E-state index in [4.69, 9.17) is 4.74 Å². The van der Waals surface area contributed by atoms with Crippen LogP contribution in [0, 0.1) is 19.3 Å². The third kappa shape index (κ3) is 6.56. The van der Waals surface area contributed by atoms with Gasteiger partial charge in [0.05, 0.1) is 19.6 Å². The highest BCUT2D eigenvalue weighted by molar-refractivity contribution is 5.73. The first-order chi connectivity index (χ1) is 17.9. The number of ether oxygens (including phenoxy) is 1. The molecule has 0 aliphatic heterocycles. The van der Waals surface area contributed by atoms with Crippen LogP contribution in [0.4, 0.5) is 0 Å². The predicted octanol–water partition coefficient (Wildman–Crippen LogP) is 8.13. The summed E-state index contributed by atoms with van der Waals surface area (Å²) in [6, 6.07) is 22.0. The van der Waals surface area contributed by atoms with E-state index in [0.29, 0.717) is 6.42 Å². The van der Waals surface area contributed by atoms with Crippen molar-refractivity contribution in [3.8, 4) is 11.1 Å². The van der Waals surface area contributed by atoms with Gasteiger partial charge in [0.15, 0.2) is 0 Å². The average molecular weight is 515 g/mol. The molecule has 38 heavy (non-hydrogen) atoms. The summed E-state index contributed by atoms with van der Waals surface area (Å²) in [7, 11) is 1.42. The van der Waals surface area contributed by atoms with E-state index in [1.54, 1.807) is 0 Å². The lowest BCUT2D eigenvalue weighted by Crippen LogP contribution is -2.27. The maximum atomic E-state index is 11.6. The lowest BCUT2D eigenvalue weighted by atomic mass is 9.69. The number of carbonyl (C=O) groups excluding carboxylic acids is 1. The lowest BCUT2D eigenvalue weighted by molar-refractivity contribution is -0.139. The number of esters is 1. The van der Waals surface area contributed by atoms with Crippen molar-refractivity contribution in [2.24, 2.45) is 5.41 Å². The Morgan fingerprint density at radius 1 is 0.868 bits per heavy atom. The highest BCUT2D eigenvalue weighted by atomic mass is 16.5. The first kappa shape index (κ1) is 29.6. The lowest BCUT2D eigenvalue weighted by Gasteiger charge is -2.34. The molecule has 0 aliphatic rings. The molecule has 3 aromatic carbocycles. The van der Waals surface area contributed by atoms with Gasteiger partial charge in [-0.3, -0.25) is 4.79 Å². The molecule has 3 nitrogen and oxygen atoms in total. The molecule has 0 aliphatic carbocycles. The van der Waals surface area contributed by atoms with Crippen LogP contribution >= 0.6 is 0 Å². The van der Waals surface area contributed by atoms with Gasteiger partial charge in [0.25, 0.3) is 0 Å². The van der Waals surface area contributed by atoms with E-state index in [1.165, 1.54) is 40.5 Å². The van der Waals surface area contributed by atoms with Crippen molar-refractivity contribution in [2.45, 2.75) is 92.1 Å². The second-order valence-electron chi connectivity index (χ2n) is 11.8. The Bertz CT molecular complexity index is 1230. The van der Waals surface area contributed by atoms with Crippen LogP contribution in [0.5, 0.6) is 0 Å². The van der Waals surface area contributed by atoms with Gasteiger partial charge in [-0.15, -0.1) is 0 Å². The summed E-state index contributed by atoms with van der Waals surface area (Å²) in [6.07, 6.45) is 3.69. The summed E-state index contributed by atoms with van der Waals surface area (Å²) >= 11 is 0. The first-order valence-corrected chi connectivity index (χ1v) is 14.0. The van der Waals surface area contributed by atoms with E-state index < -0.39 is 0 Å².